The van der Waals surface area contributed by atoms with Crippen LogP contribution in [0.1, 0.15) is 362 Å². The van der Waals surface area contributed by atoms with Crippen LogP contribution in [0, 0.1) is 13.8 Å². The first-order chi connectivity index (χ1) is 37.2. The second-order valence-corrected chi connectivity index (χ2v) is 21.6. The predicted molar refractivity (Wildman–Crippen MR) is 329 cm³/mol. The first-order valence-electron chi connectivity index (χ1n) is 32.9. The van der Waals surface area contributed by atoms with Gasteiger partial charge in [-0.1, -0.05) is 363 Å². The van der Waals surface area contributed by atoms with E-state index in [4.69, 9.17) is 9.47 Å². The van der Waals surface area contributed by atoms with Gasteiger partial charge >= 0.3 is 35.8 Å². The molecule has 8 nitrogen and oxygen atoms in total. The number of unbranched alkanes of at least 4 members (excludes halogenated alkanes) is 48. The molecule has 0 aromatic heterocycles. The van der Waals surface area contributed by atoms with Gasteiger partial charge < -0.3 is 29.3 Å². The Morgan fingerprint density at radius 1 is 0.273 bits per heavy atom. The molecule has 77 heavy (non-hydrogen) atoms. The minimum absolute atomic E-state index is 0. The van der Waals surface area contributed by atoms with Crippen LogP contribution in [0.25, 0.3) is 0 Å². The summed E-state index contributed by atoms with van der Waals surface area (Å²) < 4.78 is 9.83. The maximum absolute atomic E-state index is 11.1. The van der Waals surface area contributed by atoms with E-state index in [1.54, 1.807) is 0 Å². The molecule has 0 aliphatic carbocycles. The standard InChI is InChI=1S/2C26H48O4.2C8H17.Sn/c2*1-2-3-4-5-6-7-8-9-10-11-12-13-14-15-16-17-18-19-20-21-24-30-26(29)23-22-25(27)28;2*1-3-5-7-8-6-4-2;/h2*22-23H,2-21,24H2,1H3,(H,27,28);2*1,3-8H2,2H3;/q;;;;+2/p-2/b2*23-22-;;;. The van der Waals surface area contributed by atoms with Crippen molar-refractivity contribution < 1.29 is 38.9 Å². The van der Waals surface area contributed by atoms with Gasteiger partial charge in [0.05, 0.1) is 25.2 Å². The van der Waals surface area contributed by atoms with Gasteiger partial charge in [0.1, 0.15) is 0 Å². The fourth-order valence-corrected chi connectivity index (χ4v) is 8.99. The molecule has 0 saturated heterocycles. The van der Waals surface area contributed by atoms with Crippen molar-refractivity contribution in [1.82, 2.24) is 0 Å². The molecule has 0 N–H and O–H groups in total. The number of aliphatic carboxylic acids is 2. The van der Waals surface area contributed by atoms with Crippen LogP contribution in [0.15, 0.2) is 24.3 Å². The molecule has 0 heterocycles. The van der Waals surface area contributed by atoms with E-state index in [2.05, 4.69) is 41.5 Å². The zero-order valence-corrected chi connectivity index (χ0v) is 54.5. The first-order valence-corrected chi connectivity index (χ1v) is 32.9. The monoisotopic (exact) mass is 1190 g/mol. The Morgan fingerprint density at radius 2 is 0.429 bits per heavy atom. The van der Waals surface area contributed by atoms with Crippen molar-refractivity contribution >= 4 is 47.8 Å². The molecule has 0 saturated carbocycles. The Bertz CT molecular complexity index is 1090. The maximum atomic E-state index is 11.1. The van der Waals surface area contributed by atoms with Crippen LogP contribution in [0.5, 0.6) is 0 Å². The summed E-state index contributed by atoms with van der Waals surface area (Å²) in [6, 6.07) is 0. The second kappa shape index (κ2) is 80.6. The van der Waals surface area contributed by atoms with Crippen LogP contribution in [-0.4, -0.2) is 61.0 Å². The number of hydrogen-bond acceptors (Lipinski definition) is 8. The summed E-state index contributed by atoms with van der Waals surface area (Å²) in [6.45, 7) is 17.3. The number of carboxylic acids is 2. The largest absolute Gasteiger partial charge is 2.00 e. The molecular formula is C68H128O8Sn. The number of hydrogen-bond donors (Lipinski definition) is 0. The van der Waals surface area contributed by atoms with Crippen LogP contribution < -0.4 is 10.2 Å². The molecule has 0 aliphatic heterocycles. The van der Waals surface area contributed by atoms with Gasteiger partial charge in [-0.2, -0.15) is 0 Å². The van der Waals surface area contributed by atoms with Crippen LogP contribution in [0.4, 0.5) is 0 Å². The summed E-state index contributed by atoms with van der Waals surface area (Å²) in [5.41, 5.74) is 0. The number of carbonyl (C=O) groups is 4. The van der Waals surface area contributed by atoms with Gasteiger partial charge in [-0.25, -0.2) is 9.59 Å². The zero-order valence-electron chi connectivity index (χ0n) is 51.7. The van der Waals surface area contributed by atoms with Gasteiger partial charge in [0, 0.05) is 12.2 Å². The Hall–Kier alpha value is -1.84. The van der Waals surface area contributed by atoms with E-state index in [1.165, 1.54) is 295 Å². The number of rotatable bonds is 56. The fraction of sp³-hybridized carbons (Fsp3) is 0.853. The van der Waals surface area contributed by atoms with E-state index in [1.807, 2.05) is 0 Å². The summed E-state index contributed by atoms with van der Waals surface area (Å²) in [7, 11) is 0. The van der Waals surface area contributed by atoms with Crippen LogP contribution >= 0.6 is 0 Å². The molecule has 0 aliphatic rings. The molecule has 0 rings (SSSR count). The average molecular weight is 1190 g/mol. The van der Waals surface area contributed by atoms with Crippen molar-refractivity contribution in [3.05, 3.63) is 38.2 Å². The number of esters is 2. The van der Waals surface area contributed by atoms with Crippen molar-refractivity contribution in [1.29, 1.82) is 0 Å². The van der Waals surface area contributed by atoms with Gasteiger partial charge in [-0.3, -0.25) is 0 Å². The minimum Gasteiger partial charge on any atom is -0.545 e. The normalized spacial score (nSPS) is 10.8. The Kier molecular flexibility index (Phi) is 87.9. The first kappa shape index (κ1) is 84.0. The van der Waals surface area contributed by atoms with E-state index in [0.717, 1.165) is 50.7 Å². The van der Waals surface area contributed by atoms with Crippen molar-refractivity contribution in [2.75, 3.05) is 13.2 Å². The minimum atomic E-state index is -1.38. The Balaban J connectivity index is -0.000000345. The summed E-state index contributed by atoms with van der Waals surface area (Å²) in [5.74, 6) is -3.99. The molecule has 9 heteroatoms. The molecule has 0 atom stereocenters. The average Bonchev–Trinajstić information content (AvgIpc) is 3.41. The van der Waals surface area contributed by atoms with Crippen molar-refractivity contribution in [3.63, 3.8) is 0 Å². The molecule has 0 amide bonds. The third-order valence-electron chi connectivity index (χ3n) is 13.9. The van der Waals surface area contributed by atoms with E-state index >= 15 is 0 Å². The van der Waals surface area contributed by atoms with E-state index < -0.39 is 23.9 Å². The smallest absolute Gasteiger partial charge is 0.545 e. The molecule has 0 fully saturated rings. The molecular weight excluding hydrogens is 1060 g/mol. The quantitative estimate of drug-likeness (QED) is 0.0254. The second-order valence-electron chi connectivity index (χ2n) is 21.6. The summed E-state index contributed by atoms with van der Waals surface area (Å²) >= 11 is 0. The van der Waals surface area contributed by atoms with Gasteiger partial charge in [-0.15, -0.1) is 0 Å². The van der Waals surface area contributed by atoms with Crippen LogP contribution in [-0.2, 0) is 28.7 Å². The molecule has 0 spiro atoms. The fourth-order valence-electron chi connectivity index (χ4n) is 8.99. The van der Waals surface area contributed by atoms with Crippen LogP contribution in [0.2, 0.25) is 0 Å². The maximum Gasteiger partial charge on any atom is 2.00 e. The molecule has 4 radical (unpaired) electrons. The molecule has 452 valence electrons. The van der Waals surface area contributed by atoms with Crippen molar-refractivity contribution in [3.8, 4) is 0 Å². The summed E-state index contributed by atoms with van der Waals surface area (Å²) in [6.07, 6.45) is 72.6. The van der Waals surface area contributed by atoms with Crippen molar-refractivity contribution in [2.24, 2.45) is 0 Å². The van der Waals surface area contributed by atoms with Gasteiger partial charge in [0.25, 0.3) is 0 Å². The van der Waals surface area contributed by atoms with Gasteiger partial charge in [-0.05, 0) is 25.0 Å². The number of carboxylic acid groups (broad SMARTS) is 2. The molecule has 0 bridgehead atoms. The van der Waals surface area contributed by atoms with E-state index in [9.17, 15) is 29.4 Å². The summed E-state index contributed by atoms with van der Waals surface area (Å²) in [4.78, 5) is 42.6. The van der Waals surface area contributed by atoms with Crippen molar-refractivity contribution in [2.45, 2.75) is 362 Å². The molecule has 0 aromatic carbocycles. The molecule has 0 unspecified atom stereocenters. The Morgan fingerprint density at radius 3 is 0.584 bits per heavy atom. The summed E-state index contributed by atoms with van der Waals surface area (Å²) in [5, 5.41) is 20.3. The number of ether oxygens (including phenoxy) is 2. The topological polar surface area (TPSA) is 133 Å². The van der Waals surface area contributed by atoms with E-state index in [-0.39, 0.29) is 23.9 Å². The Labute approximate surface area is 496 Å². The van der Waals surface area contributed by atoms with Crippen LogP contribution in [0.3, 0.4) is 0 Å². The molecule has 0 aromatic rings. The third-order valence-corrected chi connectivity index (χ3v) is 13.9. The van der Waals surface area contributed by atoms with Gasteiger partial charge in [0.15, 0.2) is 0 Å². The zero-order chi connectivity index (χ0) is 56.7. The predicted octanol–water partition coefficient (Wildman–Crippen LogP) is 19.3. The number of carbonyl (C=O) groups excluding carboxylic acids is 4. The SMILES string of the molecule is CCCCCCCCCCCCCCCCCCCCCCOC(=O)/C=C\C(=O)[O-].CCCCCCCCCCCCCCCCCCCCCCOC(=O)/C=C\C(=O)[O-].[CH2]CCCCCCC.[CH2]CCCCCCC.[Sn+2]. The van der Waals surface area contributed by atoms with E-state index in [0.29, 0.717) is 25.4 Å². The van der Waals surface area contributed by atoms with Gasteiger partial charge in [0.2, 0.25) is 0 Å². The third kappa shape index (κ3) is 93.8.